The van der Waals surface area contributed by atoms with Crippen molar-refractivity contribution in [3.05, 3.63) is 38.8 Å². The summed E-state index contributed by atoms with van der Waals surface area (Å²) in [6.45, 7) is 5.67. The van der Waals surface area contributed by atoms with E-state index in [4.69, 9.17) is 5.14 Å². The van der Waals surface area contributed by atoms with E-state index >= 15 is 0 Å². The summed E-state index contributed by atoms with van der Waals surface area (Å²) in [5.74, 6) is 0. The largest absolute Gasteiger partial charge is 0.240 e. The molecular formula is C10H11Br2NO2S. The highest BCUT2D eigenvalue weighted by Crippen LogP contribution is 2.32. The van der Waals surface area contributed by atoms with E-state index in [1.54, 1.807) is 6.07 Å². The fourth-order valence-electron chi connectivity index (χ4n) is 1.30. The van der Waals surface area contributed by atoms with Crippen LogP contribution in [0.15, 0.2) is 38.1 Å². The molecule has 0 aliphatic heterocycles. The van der Waals surface area contributed by atoms with Crippen LogP contribution in [0.5, 0.6) is 0 Å². The van der Waals surface area contributed by atoms with E-state index in [-0.39, 0.29) is 4.90 Å². The highest BCUT2D eigenvalue weighted by atomic mass is 79.9. The fourth-order valence-corrected chi connectivity index (χ4v) is 4.45. The average Bonchev–Trinajstić information content (AvgIpc) is 2.07. The predicted molar refractivity (Wildman–Crippen MR) is 71.7 cm³/mol. The number of primary sulfonamides is 1. The average molecular weight is 369 g/mol. The van der Waals surface area contributed by atoms with E-state index in [1.807, 2.05) is 13.0 Å². The van der Waals surface area contributed by atoms with Crippen molar-refractivity contribution in [1.82, 2.24) is 0 Å². The first-order chi connectivity index (χ1) is 7.23. The van der Waals surface area contributed by atoms with Gasteiger partial charge < -0.3 is 0 Å². The van der Waals surface area contributed by atoms with Crippen LogP contribution in [0, 0.1) is 0 Å². The summed E-state index contributed by atoms with van der Waals surface area (Å²) in [6, 6.07) is 3.50. The van der Waals surface area contributed by atoms with Gasteiger partial charge in [-0.2, -0.15) is 0 Å². The van der Waals surface area contributed by atoms with Crippen molar-refractivity contribution < 1.29 is 8.42 Å². The van der Waals surface area contributed by atoms with Crippen molar-refractivity contribution in [2.75, 3.05) is 0 Å². The molecule has 88 valence electrons. The van der Waals surface area contributed by atoms with E-state index in [9.17, 15) is 8.42 Å². The molecule has 0 heterocycles. The van der Waals surface area contributed by atoms with Crippen LogP contribution in [0.4, 0.5) is 0 Å². The van der Waals surface area contributed by atoms with Gasteiger partial charge in [-0.15, -0.1) is 0 Å². The molecule has 3 nitrogen and oxygen atoms in total. The van der Waals surface area contributed by atoms with Gasteiger partial charge in [-0.05, 0) is 56.8 Å². The Morgan fingerprint density at radius 3 is 2.44 bits per heavy atom. The van der Waals surface area contributed by atoms with E-state index in [0.29, 0.717) is 15.4 Å². The monoisotopic (exact) mass is 367 g/mol. The number of nitrogens with two attached hydrogens (primary N) is 1. The highest BCUT2D eigenvalue weighted by molar-refractivity contribution is 9.11. The van der Waals surface area contributed by atoms with E-state index in [2.05, 4.69) is 38.4 Å². The van der Waals surface area contributed by atoms with Crippen molar-refractivity contribution in [1.29, 1.82) is 0 Å². The first-order valence-electron chi connectivity index (χ1n) is 4.37. The van der Waals surface area contributed by atoms with Gasteiger partial charge in [0.15, 0.2) is 0 Å². The number of halogens is 2. The standard InChI is InChI=1S/C10H11Br2NO2S/c1-6(2)5-7-3-4-8(11)10(9(7)12)16(13,14)15/h3-4H,1,5H2,2H3,(H2,13,14,15). The molecule has 0 radical (unpaired) electrons. The molecule has 0 atom stereocenters. The summed E-state index contributed by atoms with van der Waals surface area (Å²) in [6.07, 6.45) is 0.608. The van der Waals surface area contributed by atoms with E-state index in [1.165, 1.54) is 0 Å². The highest BCUT2D eigenvalue weighted by Gasteiger charge is 2.19. The van der Waals surface area contributed by atoms with Crippen LogP contribution in [-0.4, -0.2) is 8.42 Å². The minimum absolute atomic E-state index is 0.0752. The zero-order valence-electron chi connectivity index (χ0n) is 8.63. The van der Waals surface area contributed by atoms with E-state index in [0.717, 1.165) is 11.1 Å². The lowest BCUT2D eigenvalue weighted by molar-refractivity contribution is 0.596. The Morgan fingerprint density at radius 1 is 1.44 bits per heavy atom. The molecule has 0 aliphatic carbocycles. The lowest BCUT2D eigenvalue weighted by Gasteiger charge is -2.10. The summed E-state index contributed by atoms with van der Waals surface area (Å²) in [4.78, 5) is 0.0752. The number of benzene rings is 1. The Bertz CT molecular complexity index is 538. The summed E-state index contributed by atoms with van der Waals surface area (Å²) in [5, 5.41) is 5.15. The molecule has 0 aliphatic rings. The minimum atomic E-state index is -3.75. The first-order valence-corrected chi connectivity index (χ1v) is 7.50. The van der Waals surface area contributed by atoms with Crippen LogP contribution < -0.4 is 5.14 Å². The maximum Gasteiger partial charge on any atom is 0.240 e. The number of hydrogen-bond acceptors (Lipinski definition) is 2. The van der Waals surface area contributed by atoms with Crippen LogP contribution in [0.25, 0.3) is 0 Å². The molecule has 0 bridgehead atoms. The van der Waals surface area contributed by atoms with Crippen LogP contribution in [0.3, 0.4) is 0 Å². The maximum atomic E-state index is 11.4. The molecule has 0 aromatic heterocycles. The molecule has 0 saturated carbocycles. The van der Waals surface area contributed by atoms with Gasteiger partial charge in [-0.1, -0.05) is 18.2 Å². The third kappa shape index (κ3) is 3.16. The fraction of sp³-hybridized carbons (Fsp3) is 0.200. The summed E-state index contributed by atoms with van der Waals surface area (Å²) < 4.78 is 23.8. The second kappa shape index (κ2) is 5.00. The Labute approximate surface area is 112 Å². The Kier molecular flexibility index (Phi) is 4.34. The summed E-state index contributed by atoms with van der Waals surface area (Å²) in [5.41, 5.74) is 1.79. The minimum Gasteiger partial charge on any atom is -0.225 e. The maximum absolute atomic E-state index is 11.4. The van der Waals surface area contributed by atoms with Gasteiger partial charge in [0.2, 0.25) is 10.0 Å². The zero-order valence-corrected chi connectivity index (χ0v) is 12.6. The van der Waals surface area contributed by atoms with Gasteiger partial charge in [-0.25, -0.2) is 13.6 Å². The molecule has 0 spiro atoms. The van der Waals surface area contributed by atoms with Crippen molar-refractivity contribution >= 4 is 41.9 Å². The molecule has 1 rings (SSSR count). The van der Waals surface area contributed by atoms with Gasteiger partial charge in [0.25, 0.3) is 0 Å². The Hall–Kier alpha value is -0.170. The van der Waals surface area contributed by atoms with Crippen LogP contribution in [-0.2, 0) is 16.4 Å². The van der Waals surface area contributed by atoms with Crippen LogP contribution >= 0.6 is 31.9 Å². The SMILES string of the molecule is C=C(C)Cc1ccc(Br)c(S(N)(=O)=O)c1Br. The van der Waals surface area contributed by atoms with Crippen LogP contribution in [0.1, 0.15) is 12.5 Å². The predicted octanol–water partition coefficient (Wildman–Crippen LogP) is 2.98. The molecular weight excluding hydrogens is 358 g/mol. The van der Waals surface area contributed by atoms with Gasteiger partial charge in [0.1, 0.15) is 4.90 Å². The molecule has 0 saturated heterocycles. The third-order valence-electron chi connectivity index (χ3n) is 1.91. The molecule has 1 aromatic rings. The molecule has 1 aromatic carbocycles. The lowest BCUT2D eigenvalue weighted by Crippen LogP contribution is -2.14. The van der Waals surface area contributed by atoms with Crippen molar-refractivity contribution in [3.63, 3.8) is 0 Å². The first kappa shape index (κ1) is 13.9. The number of allylic oxidation sites excluding steroid dienone is 1. The number of hydrogen-bond donors (Lipinski definition) is 1. The Morgan fingerprint density at radius 2 is 2.00 bits per heavy atom. The van der Waals surface area contributed by atoms with Gasteiger partial charge >= 0.3 is 0 Å². The summed E-state index contributed by atoms with van der Waals surface area (Å²) in [7, 11) is -3.75. The third-order valence-corrected chi connectivity index (χ3v) is 4.99. The molecule has 16 heavy (non-hydrogen) atoms. The second-order valence-corrected chi connectivity index (χ2v) is 6.67. The van der Waals surface area contributed by atoms with Crippen molar-refractivity contribution in [3.8, 4) is 0 Å². The van der Waals surface area contributed by atoms with Gasteiger partial charge in [0, 0.05) is 8.95 Å². The molecule has 0 unspecified atom stereocenters. The van der Waals surface area contributed by atoms with Crippen molar-refractivity contribution in [2.45, 2.75) is 18.2 Å². The van der Waals surface area contributed by atoms with Gasteiger partial charge in [-0.3, -0.25) is 0 Å². The smallest absolute Gasteiger partial charge is 0.225 e. The molecule has 0 fully saturated rings. The molecule has 2 N–H and O–H groups in total. The topological polar surface area (TPSA) is 60.2 Å². The van der Waals surface area contributed by atoms with E-state index < -0.39 is 10.0 Å². The Balaban J connectivity index is 3.45. The zero-order chi connectivity index (χ0) is 12.5. The normalized spacial score (nSPS) is 11.5. The van der Waals surface area contributed by atoms with Gasteiger partial charge in [0.05, 0.1) is 0 Å². The van der Waals surface area contributed by atoms with Crippen molar-refractivity contribution in [2.24, 2.45) is 5.14 Å². The molecule has 6 heteroatoms. The second-order valence-electron chi connectivity index (χ2n) is 3.53. The lowest BCUT2D eigenvalue weighted by atomic mass is 10.1. The number of rotatable bonds is 3. The number of sulfonamides is 1. The van der Waals surface area contributed by atoms with Crippen LogP contribution in [0.2, 0.25) is 0 Å². The quantitative estimate of drug-likeness (QED) is 0.833. The molecule has 0 amide bonds. The summed E-state index contributed by atoms with van der Waals surface area (Å²) >= 11 is 6.44.